The van der Waals surface area contributed by atoms with Crippen LogP contribution in [0.15, 0.2) is 24.5 Å². The van der Waals surface area contributed by atoms with Crippen LogP contribution < -0.4 is 0 Å². The zero-order chi connectivity index (χ0) is 8.69. The standard InChI is InChI=1S/C6H5NO2.CH2O/c8-6(9)5-2-1-3-7-4-5;1-2/h1-4H,(H,8,9);1H2. The third-order valence-electron chi connectivity index (χ3n) is 0.908. The van der Waals surface area contributed by atoms with Gasteiger partial charge in [-0.05, 0) is 12.1 Å². The monoisotopic (exact) mass is 153 g/mol. The van der Waals surface area contributed by atoms with Crippen molar-refractivity contribution in [3.63, 3.8) is 0 Å². The lowest BCUT2D eigenvalue weighted by Gasteiger charge is -1.87. The first-order valence-electron chi connectivity index (χ1n) is 2.73. The van der Waals surface area contributed by atoms with Gasteiger partial charge in [0.2, 0.25) is 0 Å². The molecule has 0 amide bonds. The van der Waals surface area contributed by atoms with Gasteiger partial charge in [0, 0.05) is 12.4 Å². The van der Waals surface area contributed by atoms with Gasteiger partial charge >= 0.3 is 5.97 Å². The van der Waals surface area contributed by atoms with Crippen molar-refractivity contribution in [2.45, 2.75) is 0 Å². The molecule has 0 atom stereocenters. The maximum atomic E-state index is 10.2. The molecule has 0 saturated carbocycles. The van der Waals surface area contributed by atoms with E-state index in [-0.39, 0.29) is 5.56 Å². The van der Waals surface area contributed by atoms with E-state index in [1.165, 1.54) is 18.5 Å². The lowest BCUT2D eigenvalue weighted by atomic mass is 10.3. The minimum atomic E-state index is -0.942. The zero-order valence-electron chi connectivity index (χ0n) is 5.73. The van der Waals surface area contributed by atoms with Gasteiger partial charge in [0.1, 0.15) is 6.79 Å². The second-order valence-corrected chi connectivity index (χ2v) is 1.55. The van der Waals surface area contributed by atoms with Crippen molar-refractivity contribution in [1.29, 1.82) is 0 Å². The molecule has 1 N–H and O–H groups in total. The fourth-order valence-electron chi connectivity index (χ4n) is 0.489. The van der Waals surface area contributed by atoms with Gasteiger partial charge in [-0.25, -0.2) is 4.79 Å². The molecule has 1 aromatic rings. The van der Waals surface area contributed by atoms with Crippen LogP contribution in [-0.2, 0) is 4.79 Å². The number of pyridine rings is 1. The van der Waals surface area contributed by atoms with Gasteiger partial charge in [-0.2, -0.15) is 0 Å². The molecule has 1 rings (SSSR count). The summed E-state index contributed by atoms with van der Waals surface area (Å²) in [6.07, 6.45) is 2.84. The Labute approximate surface area is 63.5 Å². The Hall–Kier alpha value is -1.71. The van der Waals surface area contributed by atoms with Crippen molar-refractivity contribution in [3.05, 3.63) is 30.1 Å². The summed E-state index contributed by atoms with van der Waals surface area (Å²) in [7, 11) is 0. The molecule has 0 saturated heterocycles. The van der Waals surface area contributed by atoms with Crippen LogP contribution in [0.25, 0.3) is 0 Å². The van der Waals surface area contributed by atoms with Crippen molar-refractivity contribution in [2.75, 3.05) is 0 Å². The number of aromatic nitrogens is 1. The van der Waals surface area contributed by atoms with E-state index in [0.29, 0.717) is 0 Å². The van der Waals surface area contributed by atoms with Gasteiger partial charge in [-0.3, -0.25) is 4.98 Å². The third kappa shape index (κ3) is 3.10. The summed E-state index contributed by atoms with van der Waals surface area (Å²) in [5.41, 5.74) is 0.220. The van der Waals surface area contributed by atoms with Crippen LogP contribution in [0.3, 0.4) is 0 Å². The quantitative estimate of drug-likeness (QED) is 0.641. The van der Waals surface area contributed by atoms with E-state index in [1.807, 2.05) is 6.79 Å². The maximum absolute atomic E-state index is 10.2. The second-order valence-electron chi connectivity index (χ2n) is 1.55. The van der Waals surface area contributed by atoms with Crippen molar-refractivity contribution in [2.24, 2.45) is 0 Å². The highest BCUT2D eigenvalue weighted by atomic mass is 16.4. The highest BCUT2D eigenvalue weighted by molar-refractivity contribution is 5.86. The Balaban J connectivity index is 0.000000461. The summed E-state index contributed by atoms with van der Waals surface area (Å²) in [4.78, 5) is 21.8. The average molecular weight is 153 g/mol. The van der Waals surface area contributed by atoms with Gasteiger partial charge in [0.05, 0.1) is 5.56 Å². The topological polar surface area (TPSA) is 67.3 Å². The Bertz CT molecular complexity index is 222. The molecule has 4 heteroatoms. The molecule has 0 aliphatic heterocycles. The van der Waals surface area contributed by atoms with Crippen LogP contribution in [0.2, 0.25) is 0 Å². The summed E-state index contributed by atoms with van der Waals surface area (Å²) in [6.45, 7) is 2.00. The number of carboxylic acid groups (broad SMARTS) is 1. The van der Waals surface area contributed by atoms with E-state index in [2.05, 4.69) is 4.98 Å². The molecule has 0 radical (unpaired) electrons. The molecule has 0 unspecified atom stereocenters. The molecular formula is C7H7NO3. The number of carbonyl (C=O) groups excluding carboxylic acids is 1. The number of aromatic carboxylic acids is 1. The Morgan fingerprint density at radius 3 is 2.45 bits per heavy atom. The summed E-state index contributed by atoms with van der Waals surface area (Å²) < 4.78 is 0. The van der Waals surface area contributed by atoms with Gasteiger partial charge in [0.15, 0.2) is 0 Å². The van der Waals surface area contributed by atoms with E-state index in [1.54, 1.807) is 6.07 Å². The molecule has 0 aliphatic rings. The van der Waals surface area contributed by atoms with E-state index < -0.39 is 5.97 Å². The lowest BCUT2D eigenvalue weighted by molar-refractivity contribution is -0.0980. The average Bonchev–Trinajstić information content (AvgIpc) is 2.10. The number of carbonyl (C=O) groups is 2. The summed E-state index contributed by atoms with van der Waals surface area (Å²) in [6, 6.07) is 3.08. The largest absolute Gasteiger partial charge is 0.478 e. The van der Waals surface area contributed by atoms with Crippen molar-refractivity contribution >= 4 is 12.8 Å². The van der Waals surface area contributed by atoms with Gasteiger partial charge < -0.3 is 9.90 Å². The molecule has 0 aromatic carbocycles. The molecule has 0 fully saturated rings. The molecule has 11 heavy (non-hydrogen) atoms. The summed E-state index contributed by atoms with van der Waals surface area (Å²) in [5, 5.41) is 8.34. The van der Waals surface area contributed by atoms with Crippen LogP contribution in [0.4, 0.5) is 0 Å². The second kappa shape index (κ2) is 5.10. The van der Waals surface area contributed by atoms with Crippen molar-refractivity contribution in [1.82, 2.24) is 4.98 Å². The maximum Gasteiger partial charge on any atom is 0.337 e. The fourth-order valence-corrected chi connectivity index (χ4v) is 0.489. The number of rotatable bonds is 1. The smallest absolute Gasteiger partial charge is 0.337 e. The SMILES string of the molecule is C=O.O=C(O)c1cccnc1. The highest BCUT2D eigenvalue weighted by Crippen LogP contribution is 1.92. The molecule has 4 nitrogen and oxygen atoms in total. The van der Waals surface area contributed by atoms with Crippen LogP contribution in [0, 0.1) is 0 Å². The first-order chi connectivity index (χ1) is 5.30. The van der Waals surface area contributed by atoms with E-state index in [9.17, 15) is 4.79 Å². The predicted molar refractivity (Wildman–Crippen MR) is 38.3 cm³/mol. The lowest BCUT2D eigenvalue weighted by Crippen LogP contribution is -1.94. The summed E-state index contributed by atoms with van der Waals surface area (Å²) >= 11 is 0. The first kappa shape index (κ1) is 9.29. The molecule has 0 spiro atoms. The van der Waals surface area contributed by atoms with Crippen molar-refractivity contribution in [3.8, 4) is 0 Å². The fraction of sp³-hybridized carbons (Fsp3) is 0. The third-order valence-corrected chi connectivity index (χ3v) is 0.908. The molecule has 1 heterocycles. The van der Waals surface area contributed by atoms with Crippen LogP contribution in [0.5, 0.6) is 0 Å². The van der Waals surface area contributed by atoms with Crippen LogP contribution >= 0.6 is 0 Å². The number of hydrogen-bond donors (Lipinski definition) is 1. The molecule has 58 valence electrons. The summed E-state index contributed by atoms with van der Waals surface area (Å²) in [5.74, 6) is -0.942. The molecule has 0 bridgehead atoms. The van der Waals surface area contributed by atoms with Gasteiger partial charge in [-0.15, -0.1) is 0 Å². The first-order valence-corrected chi connectivity index (χ1v) is 2.73. The number of hydrogen-bond acceptors (Lipinski definition) is 3. The van der Waals surface area contributed by atoms with E-state index in [4.69, 9.17) is 9.90 Å². The minimum Gasteiger partial charge on any atom is -0.478 e. The molecular weight excluding hydrogens is 146 g/mol. The number of nitrogens with zero attached hydrogens (tertiary/aromatic N) is 1. The normalized spacial score (nSPS) is 7.64. The van der Waals surface area contributed by atoms with Gasteiger partial charge in [0.25, 0.3) is 0 Å². The Morgan fingerprint density at radius 2 is 2.18 bits per heavy atom. The highest BCUT2D eigenvalue weighted by Gasteiger charge is 1.97. The minimum absolute atomic E-state index is 0.220. The van der Waals surface area contributed by atoms with Crippen molar-refractivity contribution < 1.29 is 14.7 Å². The van der Waals surface area contributed by atoms with E-state index >= 15 is 0 Å². The van der Waals surface area contributed by atoms with Crippen LogP contribution in [-0.4, -0.2) is 22.8 Å². The molecule has 0 aliphatic carbocycles. The number of carboxylic acids is 1. The Morgan fingerprint density at radius 1 is 1.55 bits per heavy atom. The molecule has 1 aromatic heterocycles. The van der Waals surface area contributed by atoms with E-state index in [0.717, 1.165) is 0 Å². The predicted octanol–water partition coefficient (Wildman–Crippen LogP) is 0.595. The van der Waals surface area contributed by atoms with Gasteiger partial charge in [-0.1, -0.05) is 0 Å². The Kier molecular flexibility index (Phi) is 4.31. The van der Waals surface area contributed by atoms with Crippen LogP contribution in [0.1, 0.15) is 10.4 Å². The zero-order valence-corrected chi connectivity index (χ0v) is 5.73.